The van der Waals surface area contributed by atoms with Crippen molar-refractivity contribution in [2.24, 2.45) is 0 Å². The maximum atomic E-state index is 12.8. The fourth-order valence-electron chi connectivity index (χ4n) is 3.09. The number of nitrogens with one attached hydrogen (secondary N) is 1. The lowest BCUT2D eigenvalue weighted by Gasteiger charge is -2.14. The summed E-state index contributed by atoms with van der Waals surface area (Å²) in [5.41, 5.74) is 2.09. The third kappa shape index (κ3) is 5.17. The van der Waals surface area contributed by atoms with Crippen LogP contribution in [-0.4, -0.2) is 29.4 Å². The molecule has 6 nitrogen and oxygen atoms in total. The second kappa shape index (κ2) is 9.71. The van der Waals surface area contributed by atoms with Crippen LogP contribution < -0.4 is 5.32 Å². The Morgan fingerprint density at radius 2 is 1.65 bits per heavy atom. The number of carbonyl (C=O) groups is 3. The zero-order valence-corrected chi connectivity index (χ0v) is 17.3. The SMILES string of the molecule is CCOC(=O)c1cc(NC(=O)C(C)c2cccc(C(=O)c3ccccc3)c2)ccc1O. The Morgan fingerprint density at radius 3 is 2.35 bits per heavy atom. The van der Waals surface area contributed by atoms with Gasteiger partial charge in [0.1, 0.15) is 11.3 Å². The number of phenolic OH excluding ortho intramolecular Hbond substituents is 1. The summed E-state index contributed by atoms with van der Waals surface area (Å²) in [5.74, 6) is -1.88. The van der Waals surface area contributed by atoms with Crippen molar-refractivity contribution in [3.8, 4) is 5.75 Å². The zero-order valence-electron chi connectivity index (χ0n) is 17.3. The molecule has 0 bridgehead atoms. The summed E-state index contributed by atoms with van der Waals surface area (Å²) in [5, 5.41) is 12.6. The zero-order chi connectivity index (χ0) is 22.4. The lowest BCUT2D eigenvalue weighted by atomic mass is 9.95. The van der Waals surface area contributed by atoms with Crippen LogP contribution in [0.5, 0.6) is 5.75 Å². The van der Waals surface area contributed by atoms with E-state index in [1.165, 1.54) is 18.2 Å². The maximum absolute atomic E-state index is 12.8. The number of aromatic hydroxyl groups is 1. The lowest BCUT2D eigenvalue weighted by molar-refractivity contribution is -0.117. The first kappa shape index (κ1) is 21.8. The average Bonchev–Trinajstić information content (AvgIpc) is 2.80. The molecule has 0 fully saturated rings. The van der Waals surface area contributed by atoms with E-state index in [9.17, 15) is 19.5 Å². The minimum Gasteiger partial charge on any atom is -0.507 e. The summed E-state index contributed by atoms with van der Waals surface area (Å²) in [6.45, 7) is 3.57. The number of amides is 1. The summed E-state index contributed by atoms with van der Waals surface area (Å²) in [6, 6.07) is 20.1. The molecule has 2 N–H and O–H groups in total. The van der Waals surface area contributed by atoms with Gasteiger partial charge < -0.3 is 15.2 Å². The van der Waals surface area contributed by atoms with Crippen LogP contribution in [-0.2, 0) is 9.53 Å². The van der Waals surface area contributed by atoms with Gasteiger partial charge in [-0.05, 0) is 43.7 Å². The molecular weight excluding hydrogens is 394 g/mol. The Balaban J connectivity index is 1.77. The molecule has 0 aliphatic carbocycles. The van der Waals surface area contributed by atoms with Crippen LogP contribution in [0.2, 0.25) is 0 Å². The van der Waals surface area contributed by atoms with Crippen molar-refractivity contribution < 1.29 is 24.2 Å². The molecule has 1 amide bonds. The van der Waals surface area contributed by atoms with Crippen LogP contribution in [0.4, 0.5) is 5.69 Å². The Morgan fingerprint density at radius 1 is 0.935 bits per heavy atom. The number of hydrogen-bond donors (Lipinski definition) is 2. The van der Waals surface area contributed by atoms with E-state index in [4.69, 9.17) is 4.74 Å². The molecule has 0 saturated heterocycles. The molecule has 1 atom stereocenters. The van der Waals surface area contributed by atoms with Crippen molar-refractivity contribution in [2.45, 2.75) is 19.8 Å². The number of ether oxygens (including phenoxy) is 1. The number of esters is 1. The van der Waals surface area contributed by atoms with Crippen LogP contribution in [0, 0.1) is 0 Å². The number of ketones is 1. The van der Waals surface area contributed by atoms with Crippen molar-refractivity contribution in [1.82, 2.24) is 0 Å². The second-order valence-corrected chi connectivity index (χ2v) is 6.98. The minimum absolute atomic E-state index is 0.0252. The fourth-order valence-corrected chi connectivity index (χ4v) is 3.09. The third-order valence-corrected chi connectivity index (χ3v) is 4.84. The Kier molecular flexibility index (Phi) is 6.82. The molecule has 0 saturated carbocycles. The van der Waals surface area contributed by atoms with Crippen molar-refractivity contribution >= 4 is 23.3 Å². The van der Waals surface area contributed by atoms with Crippen LogP contribution >= 0.6 is 0 Å². The smallest absolute Gasteiger partial charge is 0.341 e. The highest BCUT2D eigenvalue weighted by Gasteiger charge is 2.19. The monoisotopic (exact) mass is 417 g/mol. The first-order valence-electron chi connectivity index (χ1n) is 9.91. The van der Waals surface area contributed by atoms with Gasteiger partial charge in [-0.3, -0.25) is 9.59 Å². The number of anilines is 1. The molecule has 3 aromatic rings. The standard InChI is InChI=1S/C25H23NO5/c1-3-31-25(30)21-15-20(12-13-22(21)27)26-24(29)16(2)18-10-7-11-19(14-18)23(28)17-8-5-4-6-9-17/h4-16,27H,3H2,1-2H3,(H,26,29). The van der Waals surface area contributed by atoms with E-state index in [-0.39, 0.29) is 29.6 Å². The van der Waals surface area contributed by atoms with Gasteiger partial charge in [0.2, 0.25) is 5.91 Å². The maximum Gasteiger partial charge on any atom is 0.341 e. The molecule has 0 aliphatic heterocycles. The lowest BCUT2D eigenvalue weighted by Crippen LogP contribution is -2.19. The number of rotatable bonds is 7. The molecule has 31 heavy (non-hydrogen) atoms. The normalized spacial score (nSPS) is 11.4. The average molecular weight is 417 g/mol. The third-order valence-electron chi connectivity index (χ3n) is 4.84. The quantitative estimate of drug-likeness (QED) is 0.334. The summed E-state index contributed by atoms with van der Waals surface area (Å²) < 4.78 is 4.91. The van der Waals surface area contributed by atoms with E-state index in [1.807, 2.05) is 6.07 Å². The number of benzene rings is 3. The first-order chi connectivity index (χ1) is 14.9. The molecule has 6 heteroatoms. The van der Waals surface area contributed by atoms with Gasteiger partial charge in [0, 0.05) is 16.8 Å². The van der Waals surface area contributed by atoms with Crippen LogP contribution in [0.15, 0.2) is 72.8 Å². The van der Waals surface area contributed by atoms with Crippen LogP contribution in [0.25, 0.3) is 0 Å². The van der Waals surface area contributed by atoms with Gasteiger partial charge in [-0.2, -0.15) is 0 Å². The highest BCUT2D eigenvalue weighted by atomic mass is 16.5. The summed E-state index contributed by atoms with van der Waals surface area (Å²) >= 11 is 0. The Bertz CT molecular complexity index is 1110. The largest absolute Gasteiger partial charge is 0.507 e. The Hall–Kier alpha value is -3.93. The van der Waals surface area contributed by atoms with E-state index in [0.717, 1.165) is 0 Å². The van der Waals surface area contributed by atoms with Gasteiger partial charge >= 0.3 is 5.97 Å². The summed E-state index contributed by atoms with van der Waals surface area (Å²) in [4.78, 5) is 37.4. The summed E-state index contributed by atoms with van der Waals surface area (Å²) in [7, 11) is 0. The second-order valence-electron chi connectivity index (χ2n) is 6.98. The van der Waals surface area contributed by atoms with Crippen molar-refractivity contribution in [1.29, 1.82) is 0 Å². The van der Waals surface area contributed by atoms with E-state index in [1.54, 1.807) is 62.4 Å². The number of carbonyl (C=O) groups excluding carboxylic acids is 3. The molecule has 3 aromatic carbocycles. The van der Waals surface area contributed by atoms with E-state index >= 15 is 0 Å². The van der Waals surface area contributed by atoms with Gasteiger partial charge in [0.15, 0.2) is 5.78 Å². The van der Waals surface area contributed by atoms with Gasteiger partial charge in [-0.15, -0.1) is 0 Å². The molecule has 1 unspecified atom stereocenters. The molecule has 0 radical (unpaired) electrons. The highest BCUT2D eigenvalue weighted by molar-refractivity contribution is 6.09. The molecule has 3 rings (SSSR count). The van der Waals surface area contributed by atoms with E-state index in [0.29, 0.717) is 22.4 Å². The Labute approximate surface area is 180 Å². The predicted octanol–water partition coefficient (Wildman–Crippen LogP) is 4.54. The van der Waals surface area contributed by atoms with Crippen LogP contribution in [0.1, 0.15) is 51.6 Å². The van der Waals surface area contributed by atoms with Crippen molar-refractivity contribution in [3.05, 3.63) is 95.1 Å². The minimum atomic E-state index is -0.670. The topological polar surface area (TPSA) is 92.7 Å². The van der Waals surface area contributed by atoms with Crippen LogP contribution in [0.3, 0.4) is 0 Å². The molecular formula is C25H23NO5. The molecule has 0 spiro atoms. The molecule has 0 aliphatic rings. The first-order valence-corrected chi connectivity index (χ1v) is 9.91. The van der Waals surface area contributed by atoms with Crippen molar-refractivity contribution in [3.63, 3.8) is 0 Å². The number of hydrogen-bond acceptors (Lipinski definition) is 5. The van der Waals surface area contributed by atoms with Gasteiger partial charge in [0.05, 0.1) is 12.5 Å². The van der Waals surface area contributed by atoms with Gasteiger partial charge in [-0.25, -0.2) is 4.79 Å². The molecule has 158 valence electrons. The van der Waals surface area contributed by atoms with E-state index in [2.05, 4.69) is 5.32 Å². The molecule has 0 heterocycles. The van der Waals surface area contributed by atoms with Gasteiger partial charge in [0.25, 0.3) is 0 Å². The van der Waals surface area contributed by atoms with Crippen molar-refractivity contribution in [2.75, 3.05) is 11.9 Å². The summed E-state index contributed by atoms with van der Waals surface area (Å²) in [6.07, 6.45) is 0. The predicted molar refractivity (Wildman–Crippen MR) is 117 cm³/mol. The highest BCUT2D eigenvalue weighted by Crippen LogP contribution is 2.25. The fraction of sp³-hybridized carbons (Fsp3) is 0.160. The van der Waals surface area contributed by atoms with Gasteiger partial charge in [-0.1, -0.05) is 48.5 Å². The van der Waals surface area contributed by atoms with E-state index < -0.39 is 11.9 Å². The molecule has 0 aromatic heterocycles. The number of phenols is 1.